The van der Waals surface area contributed by atoms with Gasteiger partial charge >= 0.3 is 0 Å². The molecular weight excluding hydrogens is 450 g/mol. The van der Waals surface area contributed by atoms with Crippen molar-refractivity contribution in [1.29, 1.82) is 0 Å². The Kier molecular flexibility index (Phi) is 7.39. The summed E-state index contributed by atoms with van der Waals surface area (Å²) in [5, 5.41) is 3.66. The summed E-state index contributed by atoms with van der Waals surface area (Å²) in [6.45, 7) is 3.71. The van der Waals surface area contributed by atoms with E-state index in [9.17, 15) is 4.79 Å². The summed E-state index contributed by atoms with van der Waals surface area (Å²) in [4.78, 5) is 25.5. The number of hydrogen-bond acceptors (Lipinski definition) is 8. The molecule has 0 bridgehead atoms. The lowest BCUT2D eigenvalue weighted by atomic mass is 10.2. The lowest BCUT2D eigenvalue weighted by molar-refractivity contribution is -0.118. The zero-order valence-corrected chi connectivity index (χ0v) is 19.2. The first-order valence-electron chi connectivity index (χ1n) is 10.2. The molecule has 3 heterocycles. The van der Waals surface area contributed by atoms with Gasteiger partial charge in [-0.25, -0.2) is 9.97 Å². The van der Waals surface area contributed by atoms with Crippen molar-refractivity contribution in [1.82, 2.24) is 15.3 Å². The highest BCUT2D eigenvalue weighted by molar-refractivity contribution is 7.99. The van der Waals surface area contributed by atoms with Gasteiger partial charge in [0.1, 0.15) is 22.5 Å². The summed E-state index contributed by atoms with van der Waals surface area (Å²) in [6, 6.07) is 13.5. The van der Waals surface area contributed by atoms with Crippen LogP contribution in [0.3, 0.4) is 0 Å². The molecule has 1 aliphatic heterocycles. The van der Waals surface area contributed by atoms with Gasteiger partial charge in [0.15, 0.2) is 5.16 Å². The molecule has 168 valence electrons. The molecule has 0 unspecified atom stereocenters. The van der Waals surface area contributed by atoms with Gasteiger partial charge in [0.2, 0.25) is 5.91 Å². The van der Waals surface area contributed by atoms with E-state index in [4.69, 9.17) is 20.8 Å². The second-order valence-corrected chi connectivity index (χ2v) is 8.48. The van der Waals surface area contributed by atoms with Crippen LogP contribution >= 0.6 is 23.4 Å². The monoisotopic (exact) mass is 473 g/mol. The topological polar surface area (TPSA) is 83.7 Å². The number of aromatic nitrogens is 2. The van der Waals surface area contributed by atoms with Crippen molar-refractivity contribution < 1.29 is 13.9 Å². The summed E-state index contributed by atoms with van der Waals surface area (Å²) < 4.78 is 10.4. The van der Waals surface area contributed by atoms with Crippen LogP contribution < -0.4 is 19.9 Å². The van der Waals surface area contributed by atoms with Crippen LogP contribution in [-0.2, 0) is 11.3 Å². The predicted molar refractivity (Wildman–Crippen MR) is 126 cm³/mol. The first kappa shape index (κ1) is 22.3. The number of nitrogens with one attached hydrogen (secondary N) is 1. The maximum Gasteiger partial charge on any atom is 0.230 e. The fourth-order valence-electron chi connectivity index (χ4n) is 3.38. The maximum atomic E-state index is 12.1. The highest BCUT2D eigenvalue weighted by Gasteiger charge is 2.20. The summed E-state index contributed by atoms with van der Waals surface area (Å²) in [5.41, 5.74) is 1.17. The second kappa shape index (κ2) is 10.6. The van der Waals surface area contributed by atoms with E-state index < -0.39 is 0 Å². The van der Waals surface area contributed by atoms with E-state index in [0.29, 0.717) is 22.6 Å². The number of rotatable bonds is 8. The normalized spacial score (nSPS) is 13.8. The summed E-state index contributed by atoms with van der Waals surface area (Å²) in [5.74, 6) is 2.41. The van der Waals surface area contributed by atoms with Crippen molar-refractivity contribution in [3.05, 3.63) is 59.6 Å². The molecular formula is C22H24ClN5O3S. The van der Waals surface area contributed by atoms with Crippen molar-refractivity contribution in [3.63, 3.8) is 0 Å². The average molecular weight is 474 g/mol. The molecule has 0 aliphatic carbocycles. The van der Waals surface area contributed by atoms with Gasteiger partial charge < -0.3 is 24.3 Å². The summed E-state index contributed by atoms with van der Waals surface area (Å²) >= 11 is 7.50. The number of ether oxygens (including phenoxy) is 1. The van der Waals surface area contributed by atoms with Crippen molar-refractivity contribution in [2.24, 2.45) is 0 Å². The molecule has 0 radical (unpaired) electrons. The van der Waals surface area contributed by atoms with E-state index >= 15 is 0 Å². The Hall–Kier alpha value is -2.91. The molecule has 1 amide bonds. The highest BCUT2D eigenvalue weighted by Crippen LogP contribution is 2.25. The van der Waals surface area contributed by atoms with E-state index in [-0.39, 0.29) is 11.7 Å². The van der Waals surface area contributed by atoms with E-state index in [1.165, 1.54) is 17.4 Å². The Labute approximate surface area is 195 Å². The largest absolute Gasteiger partial charge is 0.497 e. The SMILES string of the molecule is COc1ccc(N2CCN(c3cc(Cl)nc(SCC(=O)NCc4ccco4)n3)CC2)cc1. The smallest absolute Gasteiger partial charge is 0.230 e. The third-order valence-corrected chi connectivity index (χ3v) is 6.12. The zero-order chi connectivity index (χ0) is 22.3. The molecule has 1 fully saturated rings. The Bertz CT molecular complexity index is 1020. The fraction of sp³-hybridized carbons (Fsp3) is 0.318. The van der Waals surface area contributed by atoms with E-state index in [2.05, 4.69) is 37.2 Å². The minimum absolute atomic E-state index is 0.121. The van der Waals surface area contributed by atoms with E-state index in [1.807, 2.05) is 18.2 Å². The minimum Gasteiger partial charge on any atom is -0.497 e. The Balaban J connectivity index is 1.30. The Morgan fingerprint density at radius 1 is 1.16 bits per heavy atom. The van der Waals surface area contributed by atoms with Gasteiger partial charge in [-0.1, -0.05) is 23.4 Å². The lowest BCUT2D eigenvalue weighted by Crippen LogP contribution is -2.46. The van der Waals surface area contributed by atoms with Crippen LogP contribution in [-0.4, -0.2) is 54.9 Å². The fourth-order valence-corrected chi connectivity index (χ4v) is 4.29. The number of benzene rings is 1. The molecule has 1 aromatic carbocycles. The number of furan rings is 1. The number of carbonyl (C=O) groups is 1. The van der Waals surface area contributed by atoms with E-state index in [0.717, 1.165) is 37.7 Å². The molecule has 3 aromatic rings. The number of amides is 1. The van der Waals surface area contributed by atoms with Crippen LogP contribution in [0.5, 0.6) is 5.75 Å². The van der Waals surface area contributed by atoms with Gasteiger partial charge in [-0.2, -0.15) is 0 Å². The standard InChI is InChI=1S/C22H24ClN5O3S/c1-30-17-6-4-16(5-7-17)27-8-10-28(11-9-27)20-13-19(23)25-22(26-20)32-15-21(29)24-14-18-3-2-12-31-18/h2-7,12-13H,8-11,14-15H2,1H3,(H,24,29). The first-order valence-corrected chi connectivity index (χ1v) is 11.6. The molecule has 1 saturated heterocycles. The number of carbonyl (C=O) groups excluding carboxylic acids is 1. The number of anilines is 2. The van der Waals surface area contributed by atoms with Crippen LogP contribution in [0.1, 0.15) is 5.76 Å². The van der Waals surface area contributed by atoms with Gasteiger partial charge in [-0.15, -0.1) is 0 Å². The maximum absolute atomic E-state index is 12.1. The number of hydrogen-bond donors (Lipinski definition) is 1. The average Bonchev–Trinajstić information content (AvgIpc) is 3.35. The van der Waals surface area contributed by atoms with Crippen LogP contribution in [0.2, 0.25) is 5.15 Å². The van der Waals surface area contributed by atoms with Gasteiger partial charge in [-0.3, -0.25) is 4.79 Å². The lowest BCUT2D eigenvalue weighted by Gasteiger charge is -2.36. The van der Waals surface area contributed by atoms with Crippen LogP contribution in [0.4, 0.5) is 11.5 Å². The second-order valence-electron chi connectivity index (χ2n) is 7.15. The number of halogens is 1. The number of nitrogens with zero attached hydrogens (tertiary/aromatic N) is 4. The predicted octanol–water partition coefficient (Wildman–Crippen LogP) is 3.47. The van der Waals surface area contributed by atoms with Crippen LogP contribution in [0.15, 0.2) is 58.3 Å². The molecule has 32 heavy (non-hydrogen) atoms. The molecule has 8 nitrogen and oxygen atoms in total. The zero-order valence-electron chi connectivity index (χ0n) is 17.7. The molecule has 0 atom stereocenters. The molecule has 10 heteroatoms. The highest BCUT2D eigenvalue weighted by atomic mass is 35.5. The van der Waals surface area contributed by atoms with Gasteiger partial charge in [0.25, 0.3) is 0 Å². The molecule has 0 saturated carbocycles. The van der Waals surface area contributed by atoms with Gasteiger partial charge in [-0.05, 0) is 36.4 Å². The number of piperazine rings is 1. The van der Waals surface area contributed by atoms with Gasteiger partial charge in [0.05, 0.1) is 25.7 Å². The van der Waals surface area contributed by atoms with Crippen molar-refractivity contribution in [2.75, 3.05) is 48.8 Å². The van der Waals surface area contributed by atoms with Crippen LogP contribution in [0.25, 0.3) is 0 Å². The Morgan fingerprint density at radius 2 is 1.91 bits per heavy atom. The quantitative estimate of drug-likeness (QED) is 0.302. The van der Waals surface area contributed by atoms with E-state index in [1.54, 1.807) is 25.5 Å². The van der Waals surface area contributed by atoms with Crippen molar-refractivity contribution >= 4 is 40.8 Å². The number of methoxy groups -OCH3 is 1. The Morgan fingerprint density at radius 3 is 2.59 bits per heavy atom. The summed E-state index contributed by atoms with van der Waals surface area (Å²) in [6.07, 6.45) is 1.58. The third-order valence-electron chi connectivity index (χ3n) is 5.07. The van der Waals surface area contributed by atoms with Crippen LogP contribution in [0, 0.1) is 0 Å². The summed E-state index contributed by atoms with van der Waals surface area (Å²) in [7, 11) is 1.67. The molecule has 1 N–H and O–H groups in total. The number of thioether (sulfide) groups is 1. The molecule has 2 aromatic heterocycles. The molecule has 4 rings (SSSR count). The first-order chi connectivity index (χ1) is 15.6. The van der Waals surface area contributed by atoms with Crippen molar-refractivity contribution in [2.45, 2.75) is 11.7 Å². The van der Waals surface area contributed by atoms with Crippen molar-refractivity contribution in [3.8, 4) is 5.75 Å². The minimum atomic E-state index is -0.121. The van der Waals surface area contributed by atoms with Gasteiger partial charge in [0, 0.05) is 37.9 Å². The molecule has 0 spiro atoms. The third kappa shape index (κ3) is 5.86. The molecule has 1 aliphatic rings.